The first-order chi connectivity index (χ1) is 8.89. The summed E-state index contributed by atoms with van der Waals surface area (Å²) < 4.78 is 5.98. The minimum absolute atomic E-state index is 0.0936. The molecule has 3 atom stereocenters. The van der Waals surface area contributed by atoms with Crippen LogP contribution in [0.1, 0.15) is 59.3 Å². The molecule has 0 spiro atoms. The maximum Gasteiger partial charge on any atom is 0.0690 e. The van der Waals surface area contributed by atoms with E-state index in [0.717, 1.165) is 13.2 Å². The lowest BCUT2D eigenvalue weighted by atomic mass is 9.46. The molecule has 19 heavy (non-hydrogen) atoms. The Hall–Kier alpha value is -0.120. The number of nitrogens with two attached hydrogens (primary N) is 1. The zero-order valence-corrected chi connectivity index (χ0v) is 12.8. The normalized spacial score (nSPS) is 43.6. The Labute approximate surface area is 117 Å². The van der Waals surface area contributed by atoms with Crippen LogP contribution in [-0.2, 0) is 4.74 Å². The second kappa shape index (κ2) is 4.44. The summed E-state index contributed by atoms with van der Waals surface area (Å²) in [7, 11) is 0. The van der Waals surface area contributed by atoms with E-state index in [4.69, 9.17) is 10.5 Å². The minimum atomic E-state index is -0.0936. The van der Waals surface area contributed by atoms with Crippen molar-refractivity contribution in [3.63, 3.8) is 0 Å². The molecule has 3 nitrogen and oxygen atoms in total. The monoisotopic (exact) mass is 266 g/mol. The maximum absolute atomic E-state index is 6.83. The standard InChI is InChI=1S/C16H30N2O/c1-14(2)13-12(7-6-10-19-13)16(14,17)11-18-15(3)8-4-5-9-15/h12-13,18H,4-11,17H2,1-3H3. The smallest absolute Gasteiger partial charge is 0.0690 e. The van der Waals surface area contributed by atoms with Crippen molar-refractivity contribution < 1.29 is 4.74 Å². The van der Waals surface area contributed by atoms with Gasteiger partial charge < -0.3 is 15.8 Å². The van der Waals surface area contributed by atoms with Crippen LogP contribution in [0.25, 0.3) is 0 Å². The predicted molar refractivity (Wildman–Crippen MR) is 78.0 cm³/mol. The van der Waals surface area contributed by atoms with E-state index in [-0.39, 0.29) is 11.0 Å². The van der Waals surface area contributed by atoms with Crippen molar-refractivity contribution in [2.75, 3.05) is 13.2 Å². The molecule has 2 saturated carbocycles. The second-order valence-corrected chi connectivity index (χ2v) is 7.92. The van der Waals surface area contributed by atoms with Gasteiger partial charge in [0.2, 0.25) is 0 Å². The first kappa shape index (κ1) is 13.8. The fourth-order valence-electron chi connectivity index (χ4n) is 4.72. The molecule has 0 radical (unpaired) electrons. The Morgan fingerprint density at radius 1 is 1.16 bits per heavy atom. The highest BCUT2D eigenvalue weighted by Crippen LogP contribution is 2.57. The van der Waals surface area contributed by atoms with Gasteiger partial charge in [-0.05, 0) is 32.6 Å². The summed E-state index contributed by atoms with van der Waals surface area (Å²) in [5.41, 5.74) is 7.16. The van der Waals surface area contributed by atoms with Crippen molar-refractivity contribution in [3.05, 3.63) is 0 Å². The fourth-order valence-corrected chi connectivity index (χ4v) is 4.72. The molecule has 3 N–H and O–H groups in total. The third-order valence-corrected chi connectivity index (χ3v) is 6.41. The Morgan fingerprint density at radius 3 is 2.53 bits per heavy atom. The van der Waals surface area contributed by atoms with Gasteiger partial charge in [-0.15, -0.1) is 0 Å². The fraction of sp³-hybridized carbons (Fsp3) is 1.00. The molecule has 1 saturated heterocycles. The molecule has 3 unspecified atom stereocenters. The summed E-state index contributed by atoms with van der Waals surface area (Å²) in [5, 5.41) is 3.81. The molecule has 3 aliphatic rings. The van der Waals surface area contributed by atoms with E-state index in [2.05, 4.69) is 26.1 Å². The molecule has 1 heterocycles. The second-order valence-electron chi connectivity index (χ2n) is 7.92. The van der Waals surface area contributed by atoms with Gasteiger partial charge in [-0.2, -0.15) is 0 Å². The third kappa shape index (κ3) is 1.97. The van der Waals surface area contributed by atoms with Gasteiger partial charge in [0.15, 0.2) is 0 Å². The zero-order valence-electron chi connectivity index (χ0n) is 12.8. The average molecular weight is 266 g/mol. The summed E-state index contributed by atoms with van der Waals surface area (Å²) in [6.07, 6.45) is 8.11. The Morgan fingerprint density at radius 2 is 1.84 bits per heavy atom. The van der Waals surface area contributed by atoms with Crippen LogP contribution in [0.15, 0.2) is 0 Å². The maximum atomic E-state index is 6.83. The molecular weight excluding hydrogens is 236 g/mol. The van der Waals surface area contributed by atoms with Crippen molar-refractivity contribution in [1.29, 1.82) is 0 Å². The van der Waals surface area contributed by atoms with Gasteiger partial charge >= 0.3 is 0 Å². The van der Waals surface area contributed by atoms with Gasteiger partial charge in [-0.25, -0.2) is 0 Å². The molecule has 0 aromatic heterocycles. The Balaban J connectivity index is 1.68. The summed E-state index contributed by atoms with van der Waals surface area (Å²) in [4.78, 5) is 0. The summed E-state index contributed by atoms with van der Waals surface area (Å²) in [5.74, 6) is 0.550. The van der Waals surface area contributed by atoms with Gasteiger partial charge in [0, 0.05) is 35.6 Å². The molecule has 3 heteroatoms. The van der Waals surface area contributed by atoms with Crippen LogP contribution in [0, 0.1) is 11.3 Å². The topological polar surface area (TPSA) is 47.3 Å². The van der Waals surface area contributed by atoms with Crippen molar-refractivity contribution in [2.45, 2.75) is 76.5 Å². The van der Waals surface area contributed by atoms with Crippen LogP contribution in [0.3, 0.4) is 0 Å². The quantitative estimate of drug-likeness (QED) is 0.825. The van der Waals surface area contributed by atoms with E-state index >= 15 is 0 Å². The van der Waals surface area contributed by atoms with E-state index in [1.165, 1.54) is 38.5 Å². The van der Waals surface area contributed by atoms with Gasteiger partial charge in [0.1, 0.15) is 0 Å². The van der Waals surface area contributed by atoms with E-state index in [0.29, 0.717) is 17.6 Å². The largest absolute Gasteiger partial charge is 0.377 e. The zero-order chi connectivity index (χ0) is 13.7. The lowest BCUT2D eigenvalue weighted by molar-refractivity contribution is -0.226. The first-order valence-corrected chi connectivity index (χ1v) is 8.05. The SMILES string of the molecule is CC1(NCC2(N)C3CCCOC3C2(C)C)CCCC1. The van der Waals surface area contributed by atoms with Crippen LogP contribution >= 0.6 is 0 Å². The summed E-state index contributed by atoms with van der Waals surface area (Å²) >= 11 is 0. The molecule has 3 fully saturated rings. The van der Waals surface area contributed by atoms with Gasteiger partial charge in [-0.3, -0.25) is 0 Å². The molecule has 2 aliphatic carbocycles. The molecule has 0 aromatic rings. The highest BCUT2D eigenvalue weighted by atomic mass is 16.5. The van der Waals surface area contributed by atoms with Crippen LogP contribution in [0.4, 0.5) is 0 Å². The summed E-state index contributed by atoms with van der Waals surface area (Å²) in [6, 6.07) is 0. The number of rotatable bonds is 3. The lowest BCUT2D eigenvalue weighted by Crippen LogP contribution is -2.81. The van der Waals surface area contributed by atoms with Crippen molar-refractivity contribution in [2.24, 2.45) is 17.1 Å². The number of hydrogen-bond acceptors (Lipinski definition) is 3. The number of ether oxygens (including phenoxy) is 1. The van der Waals surface area contributed by atoms with Crippen LogP contribution in [0.2, 0.25) is 0 Å². The van der Waals surface area contributed by atoms with Crippen LogP contribution in [0.5, 0.6) is 0 Å². The molecule has 110 valence electrons. The lowest BCUT2D eigenvalue weighted by Gasteiger charge is -2.67. The van der Waals surface area contributed by atoms with E-state index in [9.17, 15) is 0 Å². The summed E-state index contributed by atoms with van der Waals surface area (Å²) in [6.45, 7) is 8.81. The Bertz CT molecular complexity index is 349. The number of fused-ring (bicyclic) bond motifs is 1. The molecule has 1 aliphatic heterocycles. The number of hydrogen-bond donors (Lipinski definition) is 2. The number of nitrogens with one attached hydrogen (secondary N) is 1. The van der Waals surface area contributed by atoms with Gasteiger partial charge in [-0.1, -0.05) is 26.7 Å². The predicted octanol–water partition coefficient (Wildman–Crippen LogP) is 2.44. The highest BCUT2D eigenvalue weighted by molar-refractivity contribution is 5.21. The van der Waals surface area contributed by atoms with Crippen molar-refractivity contribution >= 4 is 0 Å². The van der Waals surface area contributed by atoms with Crippen molar-refractivity contribution in [3.8, 4) is 0 Å². The molecule has 0 amide bonds. The minimum Gasteiger partial charge on any atom is -0.377 e. The molecule has 0 aromatic carbocycles. The van der Waals surface area contributed by atoms with Crippen LogP contribution < -0.4 is 11.1 Å². The van der Waals surface area contributed by atoms with Gasteiger partial charge in [0.25, 0.3) is 0 Å². The first-order valence-electron chi connectivity index (χ1n) is 8.05. The van der Waals surface area contributed by atoms with E-state index < -0.39 is 0 Å². The van der Waals surface area contributed by atoms with Crippen molar-refractivity contribution in [1.82, 2.24) is 5.32 Å². The highest BCUT2D eigenvalue weighted by Gasteiger charge is 2.66. The molecule has 3 rings (SSSR count). The average Bonchev–Trinajstić information content (AvgIpc) is 2.83. The molecular formula is C16H30N2O. The Kier molecular flexibility index (Phi) is 3.23. The van der Waals surface area contributed by atoms with Gasteiger partial charge in [0.05, 0.1) is 6.10 Å². The van der Waals surface area contributed by atoms with Crippen LogP contribution in [-0.4, -0.2) is 30.3 Å². The van der Waals surface area contributed by atoms with E-state index in [1.54, 1.807) is 0 Å². The third-order valence-electron chi connectivity index (χ3n) is 6.41. The van der Waals surface area contributed by atoms with E-state index in [1.807, 2.05) is 0 Å². The molecule has 0 bridgehead atoms.